The van der Waals surface area contributed by atoms with E-state index in [4.69, 9.17) is 9.47 Å². The van der Waals surface area contributed by atoms with E-state index in [9.17, 15) is 5.11 Å². The van der Waals surface area contributed by atoms with E-state index in [1.165, 1.54) is 6.42 Å². The Hall–Kier alpha value is -1.22. The number of ether oxygens (including phenoxy) is 2. The summed E-state index contributed by atoms with van der Waals surface area (Å²) >= 11 is 0. The van der Waals surface area contributed by atoms with Gasteiger partial charge in [-0.3, -0.25) is 0 Å². The predicted octanol–water partition coefficient (Wildman–Crippen LogP) is 2.69. The molecule has 2 aliphatic carbocycles. The van der Waals surface area contributed by atoms with Gasteiger partial charge in [0.1, 0.15) is 0 Å². The lowest BCUT2D eigenvalue weighted by Gasteiger charge is -2.28. The Morgan fingerprint density at radius 2 is 2.11 bits per heavy atom. The molecule has 98 valence electrons. The summed E-state index contributed by atoms with van der Waals surface area (Å²) in [6.45, 7) is 0. The molecule has 0 radical (unpaired) electrons. The van der Waals surface area contributed by atoms with Crippen LogP contribution in [0.3, 0.4) is 0 Å². The third-order valence-corrected chi connectivity index (χ3v) is 3.96. The van der Waals surface area contributed by atoms with Gasteiger partial charge in [0.25, 0.3) is 0 Å². The quantitative estimate of drug-likeness (QED) is 0.870. The molecule has 0 aliphatic heterocycles. The average Bonchev–Trinajstić information content (AvgIpc) is 3.02. The van der Waals surface area contributed by atoms with Gasteiger partial charge in [0, 0.05) is 12.0 Å². The van der Waals surface area contributed by atoms with E-state index in [-0.39, 0.29) is 0 Å². The molecule has 3 rings (SSSR count). The lowest BCUT2D eigenvalue weighted by Crippen LogP contribution is -2.25. The van der Waals surface area contributed by atoms with Crippen LogP contribution in [0.25, 0.3) is 0 Å². The maximum absolute atomic E-state index is 10.1. The normalized spacial score (nSPS) is 21.2. The summed E-state index contributed by atoms with van der Waals surface area (Å²) in [6, 6.07) is 5.93. The summed E-state index contributed by atoms with van der Waals surface area (Å²) < 4.78 is 11.4. The van der Waals surface area contributed by atoms with Crippen molar-refractivity contribution >= 4 is 0 Å². The molecular weight excluding hydrogens is 228 g/mol. The van der Waals surface area contributed by atoms with Crippen molar-refractivity contribution in [2.75, 3.05) is 7.11 Å². The lowest BCUT2D eigenvalue weighted by atomic mass is 9.96. The third kappa shape index (κ3) is 2.32. The number of benzene rings is 1. The van der Waals surface area contributed by atoms with Gasteiger partial charge >= 0.3 is 0 Å². The van der Waals surface area contributed by atoms with Gasteiger partial charge in [-0.1, -0.05) is 12.1 Å². The fraction of sp³-hybridized carbons (Fsp3) is 0.600. The first-order valence-corrected chi connectivity index (χ1v) is 6.75. The molecule has 3 nitrogen and oxygen atoms in total. The van der Waals surface area contributed by atoms with E-state index in [1.807, 2.05) is 18.2 Å². The number of hydrogen-bond acceptors (Lipinski definition) is 3. The molecule has 0 bridgehead atoms. The van der Waals surface area contributed by atoms with E-state index >= 15 is 0 Å². The molecule has 18 heavy (non-hydrogen) atoms. The molecule has 1 aromatic rings. The first kappa shape index (κ1) is 11.8. The molecule has 1 aromatic carbocycles. The Morgan fingerprint density at radius 3 is 2.67 bits per heavy atom. The summed E-state index contributed by atoms with van der Waals surface area (Å²) in [5, 5.41) is 10.1. The summed E-state index contributed by atoms with van der Waals surface area (Å²) in [7, 11) is 1.67. The smallest absolute Gasteiger partial charge is 0.164 e. The fourth-order valence-electron chi connectivity index (χ4n) is 2.33. The Bertz CT molecular complexity index is 433. The maximum atomic E-state index is 10.1. The second-order valence-electron chi connectivity index (χ2n) is 5.52. The van der Waals surface area contributed by atoms with Crippen LogP contribution in [0.5, 0.6) is 11.5 Å². The zero-order valence-corrected chi connectivity index (χ0v) is 10.8. The van der Waals surface area contributed by atoms with Gasteiger partial charge in [-0.25, -0.2) is 0 Å². The Kier molecular flexibility index (Phi) is 2.94. The zero-order valence-electron chi connectivity index (χ0n) is 10.8. The highest BCUT2D eigenvalue weighted by molar-refractivity contribution is 5.47. The molecule has 2 saturated carbocycles. The molecule has 0 aromatic heterocycles. The summed E-state index contributed by atoms with van der Waals surface area (Å²) in [5.74, 6) is 1.62. The van der Waals surface area contributed by atoms with Crippen LogP contribution in [0, 0.1) is 0 Å². The second-order valence-corrected chi connectivity index (χ2v) is 5.52. The molecule has 2 fully saturated rings. The minimum atomic E-state index is -0.496. The topological polar surface area (TPSA) is 38.7 Å². The third-order valence-electron chi connectivity index (χ3n) is 3.96. The van der Waals surface area contributed by atoms with Crippen LogP contribution in [0.15, 0.2) is 18.2 Å². The van der Waals surface area contributed by atoms with Crippen molar-refractivity contribution in [1.29, 1.82) is 0 Å². The van der Waals surface area contributed by atoms with Crippen molar-refractivity contribution in [3.8, 4) is 11.5 Å². The Labute approximate surface area is 108 Å². The highest BCUT2D eigenvalue weighted by atomic mass is 16.5. The number of rotatable bonds is 5. The highest BCUT2D eigenvalue weighted by Gasteiger charge is 2.41. The van der Waals surface area contributed by atoms with Crippen molar-refractivity contribution in [3.63, 3.8) is 0 Å². The molecule has 0 amide bonds. The first-order valence-electron chi connectivity index (χ1n) is 6.75. The van der Waals surface area contributed by atoms with Crippen LogP contribution < -0.4 is 9.47 Å². The minimum absolute atomic E-state index is 0.328. The van der Waals surface area contributed by atoms with Gasteiger partial charge < -0.3 is 14.6 Å². The van der Waals surface area contributed by atoms with Gasteiger partial charge in [0.15, 0.2) is 11.5 Å². The Balaban J connectivity index is 1.85. The molecule has 0 unspecified atom stereocenters. The molecular formula is C15H20O3. The Morgan fingerprint density at radius 1 is 1.33 bits per heavy atom. The zero-order chi connectivity index (χ0) is 12.6. The van der Waals surface area contributed by atoms with Gasteiger partial charge in [-0.05, 0) is 38.2 Å². The monoisotopic (exact) mass is 248 g/mol. The summed E-state index contributed by atoms with van der Waals surface area (Å²) in [4.78, 5) is 0. The number of para-hydroxylation sites is 1. The predicted molar refractivity (Wildman–Crippen MR) is 69.1 cm³/mol. The van der Waals surface area contributed by atoms with Crippen molar-refractivity contribution in [3.05, 3.63) is 23.8 Å². The molecule has 0 saturated heterocycles. The largest absolute Gasteiger partial charge is 0.493 e. The van der Waals surface area contributed by atoms with E-state index in [1.54, 1.807) is 7.11 Å². The number of methoxy groups -OCH3 is 1. The van der Waals surface area contributed by atoms with Gasteiger partial charge in [0.2, 0.25) is 0 Å². The van der Waals surface area contributed by atoms with E-state index in [0.717, 1.165) is 42.7 Å². The minimum Gasteiger partial charge on any atom is -0.493 e. The first-order chi connectivity index (χ1) is 8.70. The summed E-state index contributed by atoms with van der Waals surface area (Å²) in [5.41, 5.74) is 0.575. The van der Waals surface area contributed by atoms with Crippen LogP contribution >= 0.6 is 0 Å². The van der Waals surface area contributed by atoms with Crippen LogP contribution in [-0.4, -0.2) is 23.9 Å². The van der Waals surface area contributed by atoms with Crippen molar-refractivity contribution in [2.45, 2.75) is 50.2 Å². The number of hydrogen-bond donors (Lipinski definition) is 1. The van der Waals surface area contributed by atoms with Crippen LogP contribution in [-0.2, 0) is 6.42 Å². The van der Waals surface area contributed by atoms with E-state index in [2.05, 4.69) is 0 Å². The van der Waals surface area contributed by atoms with Crippen LogP contribution in [0.4, 0.5) is 0 Å². The number of aliphatic hydroxyl groups is 1. The van der Waals surface area contributed by atoms with Crippen molar-refractivity contribution in [2.24, 2.45) is 0 Å². The average molecular weight is 248 g/mol. The van der Waals surface area contributed by atoms with Crippen LogP contribution in [0.1, 0.15) is 37.7 Å². The highest BCUT2D eigenvalue weighted by Crippen LogP contribution is 2.43. The molecule has 2 aliphatic rings. The van der Waals surface area contributed by atoms with E-state index < -0.39 is 5.60 Å². The van der Waals surface area contributed by atoms with E-state index in [0.29, 0.717) is 12.5 Å². The lowest BCUT2D eigenvalue weighted by molar-refractivity contribution is 0.110. The van der Waals surface area contributed by atoms with Gasteiger partial charge in [0.05, 0.1) is 18.8 Å². The molecule has 0 heterocycles. The standard InChI is InChI=1S/C15H20O3/c1-17-13-7-2-4-11(10-15(16)8-9-15)14(13)18-12-5-3-6-12/h2,4,7,12,16H,3,5-6,8-10H2,1H3. The second kappa shape index (κ2) is 4.47. The van der Waals surface area contributed by atoms with Gasteiger partial charge in [-0.2, -0.15) is 0 Å². The SMILES string of the molecule is COc1cccc(CC2(O)CC2)c1OC1CCC1. The maximum Gasteiger partial charge on any atom is 0.164 e. The van der Waals surface area contributed by atoms with Crippen molar-refractivity contribution in [1.82, 2.24) is 0 Å². The fourth-order valence-corrected chi connectivity index (χ4v) is 2.33. The molecule has 1 N–H and O–H groups in total. The van der Waals surface area contributed by atoms with Gasteiger partial charge in [-0.15, -0.1) is 0 Å². The molecule has 0 spiro atoms. The van der Waals surface area contributed by atoms with Crippen LogP contribution in [0.2, 0.25) is 0 Å². The molecule has 0 atom stereocenters. The molecule has 3 heteroatoms. The summed E-state index contributed by atoms with van der Waals surface area (Å²) in [6.07, 6.45) is 6.29. The van der Waals surface area contributed by atoms with Crippen molar-refractivity contribution < 1.29 is 14.6 Å².